The van der Waals surface area contributed by atoms with Crippen molar-refractivity contribution in [2.75, 3.05) is 39.9 Å². The number of carbonyl (C=O) groups excluding carboxylic acids is 1. The number of carbonyl (C=O) groups is 1. The highest BCUT2D eigenvalue weighted by Crippen LogP contribution is 2.41. The number of nitrogens with zero attached hydrogens (tertiary/aromatic N) is 2. The average molecular weight is 380 g/mol. The molecule has 0 aliphatic carbocycles. The van der Waals surface area contributed by atoms with Gasteiger partial charge in [0, 0.05) is 31.6 Å². The third-order valence-corrected chi connectivity index (χ3v) is 5.91. The maximum Gasteiger partial charge on any atom is 0.260 e. The maximum atomic E-state index is 12.8. The van der Waals surface area contributed by atoms with Crippen molar-refractivity contribution in [1.29, 1.82) is 0 Å². The Labute approximate surface area is 166 Å². The number of hydrogen-bond donors (Lipinski definition) is 0. The molecule has 1 saturated heterocycles. The van der Waals surface area contributed by atoms with Gasteiger partial charge >= 0.3 is 0 Å². The lowest BCUT2D eigenvalue weighted by atomic mass is 9.75. The van der Waals surface area contributed by atoms with E-state index in [4.69, 9.17) is 9.47 Å². The molecule has 28 heavy (non-hydrogen) atoms. The summed E-state index contributed by atoms with van der Waals surface area (Å²) in [5.41, 5.74) is 2.88. The second-order valence-corrected chi connectivity index (χ2v) is 8.24. The Balaban J connectivity index is 1.46. The Kier molecular flexibility index (Phi) is 5.02. The number of rotatable bonds is 4. The number of fused-ring (bicyclic) bond motifs is 3. The predicted octanol–water partition coefficient (Wildman–Crippen LogP) is 3.25. The fraction of sp³-hybridized carbons (Fsp3) is 0.435. The van der Waals surface area contributed by atoms with Crippen LogP contribution in [0.5, 0.6) is 11.5 Å². The molecule has 2 aliphatic heterocycles. The maximum absolute atomic E-state index is 12.8. The van der Waals surface area contributed by atoms with E-state index in [-0.39, 0.29) is 24.0 Å². The van der Waals surface area contributed by atoms with Crippen molar-refractivity contribution in [3.63, 3.8) is 0 Å². The number of ether oxygens (including phenoxy) is 2. The van der Waals surface area contributed by atoms with Gasteiger partial charge in [0.05, 0.1) is 13.2 Å². The van der Waals surface area contributed by atoms with Crippen LogP contribution in [-0.4, -0.2) is 55.6 Å². The quantitative estimate of drug-likeness (QED) is 0.817. The van der Waals surface area contributed by atoms with Crippen molar-refractivity contribution in [3.8, 4) is 11.5 Å². The molecule has 0 saturated carbocycles. The van der Waals surface area contributed by atoms with Crippen LogP contribution in [0.4, 0.5) is 0 Å². The number of hydrogen-bond acceptors (Lipinski definition) is 4. The van der Waals surface area contributed by atoms with E-state index in [9.17, 15) is 4.79 Å². The van der Waals surface area contributed by atoms with Gasteiger partial charge in [0.2, 0.25) is 0 Å². The zero-order chi connectivity index (χ0) is 19.7. The van der Waals surface area contributed by atoms with E-state index in [1.807, 2.05) is 29.2 Å². The number of methoxy groups -OCH3 is 1. The first-order valence-electron chi connectivity index (χ1n) is 9.86. The van der Waals surface area contributed by atoms with Crippen molar-refractivity contribution >= 4 is 5.91 Å². The molecule has 1 amide bonds. The minimum Gasteiger partial charge on any atom is -0.493 e. The van der Waals surface area contributed by atoms with Crippen LogP contribution in [0.3, 0.4) is 0 Å². The number of para-hydroxylation sites is 2. The Bertz CT molecular complexity index is 864. The van der Waals surface area contributed by atoms with E-state index in [0.29, 0.717) is 18.0 Å². The molecular formula is C23H28N2O3. The summed E-state index contributed by atoms with van der Waals surface area (Å²) in [7, 11) is 1.60. The van der Waals surface area contributed by atoms with Crippen LogP contribution in [0.2, 0.25) is 0 Å². The summed E-state index contributed by atoms with van der Waals surface area (Å²) in [4.78, 5) is 17.3. The number of piperazine rings is 1. The summed E-state index contributed by atoms with van der Waals surface area (Å²) in [6.45, 7) is 8.00. The molecular weight excluding hydrogens is 352 g/mol. The van der Waals surface area contributed by atoms with Crippen molar-refractivity contribution < 1.29 is 14.3 Å². The first-order chi connectivity index (χ1) is 13.5. The molecule has 2 heterocycles. The van der Waals surface area contributed by atoms with Gasteiger partial charge in [-0.05, 0) is 23.3 Å². The van der Waals surface area contributed by atoms with E-state index in [0.717, 1.165) is 19.6 Å². The molecule has 2 aliphatic rings. The monoisotopic (exact) mass is 380 g/mol. The highest BCUT2D eigenvalue weighted by atomic mass is 16.5. The normalized spacial score (nSPS) is 20.8. The molecule has 4 rings (SSSR count). The molecule has 0 spiro atoms. The van der Waals surface area contributed by atoms with Gasteiger partial charge in [-0.2, -0.15) is 0 Å². The van der Waals surface area contributed by atoms with Crippen molar-refractivity contribution in [1.82, 2.24) is 9.80 Å². The zero-order valence-corrected chi connectivity index (χ0v) is 16.9. The molecule has 1 unspecified atom stereocenters. The summed E-state index contributed by atoms with van der Waals surface area (Å²) in [5.74, 6) is 1.26. The van der Waals surface area contributed by atoms with E-state index in [1.54, 1.807) is 7.11 Å². The molecule has 2 aromatic carbocycles. The van der Waals surface area contributed by atoms with Gasteiger partial charge in [0.15, 0.2) is 18.1 Å². The lowest BCUT2D eigenvalue weighted by molar-refractivity contribution is -0.137. The van der Waals surface area contributed by atoms with Crippen LogP contribution in [0.15, 0.2) is 48.5 Å². The lowest BCUT2D eigenvalue weighted by Crippen LogP contribution is -2.56. The van der Waals surface area contributed by atoms with Gasteiger partial charge in [-0.15, -0.1) is 0 Å². The molecule has 1 fully saturated rings. The molecule has 0 bridgehead atoms. The molecule has 5 nitrogen and oxygen atoms in total. The van der Waals surface area contributed by atoms with Gasteiger partial charge in [-0.3, -0.25) is 9.69 Å². The van der Waals surface area contributed by atoms with E-state index in [2.05, 4.69) is 43.0 Å². The van der Waals surface area contributed by atoms with Crippen molar-refractivity contribution in [3.05, 3.63) is 59.7 Å². The largest absolute Gasteiger partial charge is 0.493 e. The average Bonchev–Trinajstić information content (AvgIpc) is 2.72. The summed E-state index contributed by atoms with van der Waals surface area (Å²) >= 11 is 0. The summed E-state index contributed by atoms with van der Waals surface area (Å²) in [6, 6.07) is 16.3. The van der Waals surface area contributed by atoms with Gasteiger partial charge in [0.25, 0.3) is 5.91 Å². The summed E-state index contributed by atoms with van der Waals surface area (Å²) < 4.78 is 11.0. The van der Waals surface area contributed by atoms with E-state index < -0.39 is 0 Å². The Morgan fingerprint density at radius 2 is 1.79 bits per heavy atom. The first-order valence-corrected chi connectivity index (χ1v) is 9.86. The van der Waals surface area contributed by atoms with Crippen molar-refractivity contribution in [2.45, 2.75) is 25.3 Å². The fourth-order valence-electron chi connectivity index (χ4n) is 4.50. The first kappa shape index (κ1) is 18.8. The molecule has 148 valence electrons. The van der Waals surface area contributed by atoms with Gasteiger partial charge in [0.1, 0.15) is 0 Å². The molecule has 0 N–H and O–H groups in total. The minimum atomic E-state index is 0.0212. The van der Waals surface area contributed by atoms with Gasteiger partial charge in [-0.1, -0.05) is 50.2 Å². The zero-order valence-electron chi connectivity index (χ0n) is 16.9. The second-order valence-electron chi connectivity index (χ2n) is 8.24. The van der Waals surface area contributed by atoms with Crippen molar-refractivity contribution in [2.24, 2.45) is 0 Å². The summed E-state index contributed by atoms with van der Waals surface area (Å²) in [6.07, 6.45) is 0. The smallest absolute Gasteiger partial charge is 0.260 e. The molecule has 0 aromatic heterocycles. The van der Waals surface area contributed by atoms with Crippen LogP contribution in [0.1, 0.15) is 31.0 Å². The fourth-order valence-corrected chi connectivity index (χ4v) is 4.50. The summed E-state index contributed by atoms with van der Waals surface area (Å²) in [5, 5.41) is 0. The number of amides is 1. The highest BCUT2D eigenvalue weighted by Gasteiger charge is 2.40. The Morgan fingerprint density at radius 1 is 1.07 bits per heavy atom. The molecule has 5 heteroatoms. The van der Waals surface area contributed by atoms with Crippen LogP contribution >= 0.6 is 0 Å². The Hall–Kier alpha value is -2.53. The highest BCUT2D eigenvalue weighted by molar-refractivity contribution is 5.78. The molecule has 0 radical (unpaired) electrons. The van der Waals surface area contributed by atoms with Gasteiger partial charge in [-0.25, -0.2) is 0 Å². The minimum absolute atomic E-state index is 0.0212. The standard InChI is InChI=1S/C23H28N2O3/c1-23(2)16-25-13-12-24(14-19(25)17-8-4-5-9-18(17)23)22(26)15-28-21-11-7-6-10-20(21)27-3/h4-11,19H,12-16H2,1-3H3. The van der Waals surface area contributed by atoms with Crippen LogP contribution in [-0.2, 0) is 10.2 Å². The second kappa shape index (κ2) is 7.47. The van der Waals surface area contributed by atoms with Crippen LogP contribution < -0.4 is 9.47 Å². The van der Waals surface area contributed by atoms with E-state index in [1.165, 1.54) is 11.1 Å². The van der Waals surface area contributed by atoms with Crippen LogP contribution in [0.25, 0.3) is 0 Å². The third kappa shape index (κ3) is 3.47. The predicted molar refractivity (Wildman–Crippen MR) is 109 cm³/mol. The van der Waals surface area contributed by atoms with E-state index >= 15 is 0 Å². The third-order valence-electron chi connectivity index (χ3n) is 5.91. The molecule has 1 atom stereocenters. The Morgan fingerprint density at radius 3 is 2.57 bits per heavy atom. The topological polar surface area (TPSA) is 42.0 Å². The van der Waals surface area contributed by atoms with Gasteiger partial charge < -0.3 is 14.4 Å². The SMILES string of the molecule is COc1ccccc1OCC(=O)N1CCN2CC(C)(C)c3ccccc3C2C1. The lowest BCUT2D eigenvalue weighted by Gasteiger charge is -2.50. The molecule has 2 aromatic rings. The van der Waals surface area contributed by atoms with Crippen LogP contribution in [0, 0.1) is 0 Å². The number of benzene rings is 2.